The molecule has 1 fully saturated rings. The highest BCUT2D eigenvalue weighted by molar-refractivity contribution is 5.94. The second-order valence-corrected chi connectivity index (χ2v) is 4.79. The van der Waals surface area contributed by atoms with Crippen LogP contribution < -0.4 is 10.6 Å². The largest absolute Gasteiger partial charge is 0.355 e. The summed E-state index contributed by atoms with van der Waals surface area (Å²) < 4.78 is 0. The van der Waals surface area contributed by atoms with Crippen LogP contribution in [0.2, 0.25) is 0 Å². The molecule has 2 amide bonds. The Kier molecular flexibility index (Phi) is 3.97. The molecule has 1 heterocycles. The van der Waals surface area contributed by atoms with Crippen molar-refractivity contribution < 1.29 is 14.5 Å². The third-order valence-corrected chi connectivity index (χ3v) is 3.31. The Labute approximate surface area is 115 Å². The van der Waals surface area contributed by atoms with Crippen LogP contribution in [0.25, 0.3) is 0 Å². The van der Waals surface area contributed by atoms with Crippen LogP contribution in [0.15, 0.2) is 18.2 Å². The number of non-ortho nitro benzene ring substituents is 1. The Balaban J connectivity index is 2.04. The monoisotopic (exact) mass is 277 g/mol. The Hall–Kier alpha value is -2.44. The van der Waals surface area contributed by atoms with Crippen molar-refractivity contribution in [3.05, 3.63) is 33.9 Å². The molecule has 0 aromatic heterocycles. The fraction of sp³-hybridized carbons (Fsp3) is 0.385. The van der Waals surface area contributed by atoms with E-state index in [1.165, 1.54) is 18.2 Å². The molecule has 0 radical (unpaired) electrons. The van der Waals surface area contributed by atoms with Crippen LogP contribution in [0.3, 0.4) is 0 Å². The number of anilines is 1. The summed E-state index contributed by atoms with van der Waals surface area (Å²) in [6.45, 7) is 2.03. The first kappa shape index (κ1) is 14.0. The van der Waals surface area contributed by atoms with Gasteiger partial charge in [-0.15, -0.1) is 0 Å². The van der Waals surface area contributed by atoms with E-state index >= 15 is 0 Å². The van der Waals surface area contributed by atoms with E-state index in [-0.39, 0.29) is 23.4 Å². The number of nitro benzene ring substituents is 1. The summed E-state index contributed by atoms with van der Waals surface area (Å²) >= 11 is 0. The van der Waals surface area contributed by atoms with Crippen molar-refractivity contribution >= 4 is 23.2 Å². The molecule has 0 saturated carbocycles. The lowest BCUT2D eigenvalue weighted by Gasteiger charge is -2.22. The lowest BCUT2D eigenvalue weighted by atomic mass is 9.98. The molecule has 0 spiro atoms. The van der Waals surface area contributed by atoms with E-state index in [1.807, 2.05) is 0 Å². The number of carbonyl (C=O) groups is 2. The van der Waals surface area contributed by atoms with Gasteiger partial charge < -0.3 is 10.6 Å². The van der Waals surface area contributed by atoms with Crippen molar-refractivity contribution in [2.75, 3.05) is 11.9 Å². The van der Waals surface area contributed by atoms with Gasteiger partial charge in [-0.3, -0.25) is 19.7 Å². The molecule has 1 aromatic rings. The van der Waals surface area contributed by atoms with Crippen LogP contribution in [0.1, 0.15) is 18.4 Å². The van der Waals surface area contributed by atoms with Crippen LogP contribution in [-0.4, -0.2) is 23.3 Å². The number of hydrogen-bond acceptors (Lipinski definition) is 4. The molecule has 106 valence electrons. The number of nitrogens with one attached hydrogen (secondary N) is 2. The van der Waals surface area contributed by atoms with Gasteiger partial charge in [0, 0.05) is 30.8 Å². The minimum absolute atomic E-state index is 0.00886. The third kappa shape index (κ3) is 3.11. The summed E-state index contributed by atoms with van der Waals surface area (Å²) in [5, 5.41) is 16.0. The summed E-state index contributed by atoms with van der Waals surface area (Å²) in [7, 11) is 0. The number of rotatable bonds is 3. The Morgan fingerprint density at radius 3 is 2.80 bits per heavy atom. The van der Waals surface area contributed by atoms with Crippen molar-refractivity contribution in [3.63, 3.8) is 0 Å². The van der Waals surface area contributed by atoms with Gasteiger partial charge in [0.1, 0.15) is 0 Å². The van der Waals surface area contributed by atoms with E-state index in [0.717, 1.165) is 0 Å². The number of benzene rings is 1. The molecule has 1 unspecified atom stereocenters. The molecular formula is C13H15N3O4. The fourth-order valence-corrected chi connectivity index (χ4v) is 2.09. The van der Waals surface area contributed by atoms with Crippen LogP contribution >= 0.6 is 0 Å². The fourth-order valence-electron chi connectivity index (χ4n) is 2.09. The summed E-state index contributed by atoms with van der Waals surface area (Å²) in [6.07, 6.45) is 0.862. The van der Waals surface area contributed by atoms with E-state index in [0.29, 0.717) is 30.6 Å². The quantitative estimate of drug-likeness (QED) is 0.643. The topological polar surface area (TPSA) is 101 Å². The zero-order valence-corrected chi connectivity index (χ0v) is 11.0. The number of hydrogen-bond donors (Lipinski definition) is 2. The maximum absolute atomic E-state index is 12.0. The zero-order chi connectivity index (χ0) is 14.7. The number of piperidine rings is 1. The minimum Gasteiger partial charge on any atom is -0.355 e. The second-order valence-electron chi connectivity index (χ2n) is 4.79. The second kappa shape index (κ2) is 5.68. The SMILES string of the molecule is Cc1cc([N+](=O)[O-])ccc1NC(=O)C1CCC(=O)NC1. The van der Waals surface area contributed by atoms with Crippen molar-refractivity contribution in [1.82, 2.24) is 5.32 Å². The first-order chi connectivity index (χ1) is 9.47. The van der Waals surface area contributed by atoms with Gasteiger partial charge in [-0.05, 0) is 25.0 Å². The third-order valence-electron chi connectivity index (χ3n) is 3.31. The first-order valence-corrected chi connectivity index (χ1v) is 6.30. The van der Waals surface area contributed by atoms with Gasteiger partial charge in [0.15, 0.2) is 0 Å². The number of nitro groups is 1. The number of amides is 2. The minimum atomic E-state index is -0.477. The molecule has 0 bridgehead atoms. The predicted molar refractivity (Wildman–Crippen MR) is 72.2 cm³/mol. The van der Waals surface area contributed by atoms with Crippen molar-refractivity contribution in [3.8, 4) is 0 Å². The van der Waals surface area contributed by atoms with E-state index in [4.69, 9.17) is 0 Å². The van der Waals surface area contributed by atoms with Crippen molar-refractivity contribution in [1.29, 1.82) is 0 Å². The first-order valence-electron chi connectivity index (χ1n) is 6.30. The Morgan fingerprint density at radius 2 is 2.25 bits per heavy atom. The van der Waals surface area contributed by atoms with Crippen LogP contribution in [0.4, 0.5) is 11.4 Å². The summed E-state index contributed by atoms with van der Waals surface area (Å²) in [4.78, 5) is 33.3. The van der Waals surface area contributed by atoms with Crippen LogP contribution in [0.5, 0.6) is 0 Å². The average Bonchev–Trinajstić information content (AvgIpc) is 2.41. The summed E-state index contributed by atoms with van der Waals surface area (Å²) in [5.41, 5.74) is 1.18. The summed E-state index contributed by atoms with van der Waals surface area (Å²) in [6, 6.07) is 4.29. The maximum atomic E-state index is 12.0. The number of nitrogens with zero attached hydrogens (tertiary/aromatic N) is 1. The maximum Gasteiger partial charge on any atom is 0.269 e. The predicted octanol–water partition coefficient (Wildman–Crippen LogP) is 1.37. The number of aryl methyl sites for hydroxylation is 1. The standard InChI is InChI=1S/C13H15N3O4/c1-8-6-10(16(19)20)3-4-11(8)15-13(18)9-2-5-12(17)14-7-9/h3-4,6,9H,2,5,7H2,1H3,(H,14,17)(H,15,18). The Bertz CT molecular complexity index is 561. The van der Waals surface area contributed by atoms with Gasteiger partial charge in [0.2, 0.25) is 11.8 Å². The normalized spacial score (nSPS) is 18.2. The highest BCUT2D eigenvalue weighted by Crippen LogP contribution is 2.22. The summed E-state index contributed by atoms with van der Waals surface area (Å²) in [5.74, 6) is -0.482. The molecule has 1 aliphatic rings. The highest BCUT2D eigenvalue weighted by Gasteiger charge is 2.24. The molecule has 2 N–H and O–H groups in total. The van der Waals surface area contributed by atoms with Gasteiger partial charge in [-0.1, -0.05) is 0 Å². The molecule has 20 heavy (non-hydrogen) atoms. The molecule has 1 aliphatic heterocycles. The van der Waals surface area contributed by atoms with E-state index in [1.54, 1.807) is 6.92 Å². The lowest BCUT2D eigenvalue weighted by molar-refractivity contribution is -0.384. The van der Waals surface area contributed by atoms with Gasteiger partial charge in [0.25, 0.3) is 5.69 Å². The smallest absolute Gasteiger partial charge is 0.269 e. The average molecular weight is 277 g/mol. The molecule has 1 aromatic carbocycles. The Morgan fingerprint density at radius 1 is 1.50 bits per heavy atom. The van der Waals surface area contributed by atoms with Gasteiger partial charge in [-0.2, -0.15) is 0 Å². The molecule has 2 rings (SSSR count). The van der Waals surface area contributed by atoms with Gasteiger partial charge in [0.05, 0.1) is 10.8 Å². The van der Waals surface area contributed by atoms with Crippen LogP contribution in [-0.2, 0) is 9.59 Å². The van der Waals surface area contributed by atoms with Crippen molar-refractivity contribution in [2.24, 2.45) is 5.92 Å². The van der Waals surface area contributed by atoms with Crippen molar-refractivity contribution in [2.45, 2.75) is 19.8 Å². The molecule has 0 aliphatic carbocycles. The van der Waals surface area contributed by atoms with Gasteiger partial charge >= 0.3 is 0 Å². The zero-order valence-electron chi connectivity index (χ0n) is 11.0. The van der Waals surface area contributed by atoms with Gasteiger partial charge in [-0.25, -0.2) is 0 Å². The van der Waals surface area contributed by atoms with E-state index in [9.17, 15) is 19.7 Å². The lowest BCUT2D eigenvalue weighted by Crippen LogP contribution is -2.40. The molecule has 7 nitrogen and oxygen atoms in total. The van der Waals surface area contributed by atoms with E-state index < -0.39 is 4.92 Å². The van der Waals surface area contributed by atoms with E-state index in [2.05, 4.69) is 10.6 Å². The highest BCUT2D eigenvalue weighted by atomic mass is 16.6. The molecule has 1 atom stereocenters. The van der Waals surface area contributed by atoms with Crippen LogP contribution in [0, 0.1) is 23.0 Å². The molecule has 7 heteroatoms. The number of carbonyl (C=O) groups excluding carboxylic acids is 2. The molecule has 1 saturated heterocycles. The molecular weight excluding hydrogens is 262 g/mol.